The topological polar surface area (TPSA) is 87.5 Å². The van der Waals surface area contributed by atoms with E-state index >= 15 is 0 Å². The van der Waals surface area contributed by atoms with Crippen molar-refractivity contribution < 1.29 is 13.2 Å². The van der Waals surface area contributed by atoms with Crippen molar-refractivity contribution in [2.24, 2.45) is 0 Å². The smallest absolute Gasteiger partial charge is 0.263 e. The number of carbonyl (C=O) groups excluding carboxylic acids is 1. The van der Waals surface area contributed by atoms with E-state index in [1.54, 1.807) is 6.07 Å². The van der Waals surface area contributed by atoms with E-state index in [9.17, 15) is 13.2 Å². The number of aryl methyl sites for hydroxylation is 2. The molecule has 8 nitrogen and oxygen atoms in total. The molecule has 0 saturated carbocycles. The van der Waals surface area contributed by atoms with Crippen molar-refractivity contribution in [3.05, 3.63) is 70.9 Å². The predicted octanol–water partition coefficient (Wildman–Crippen LogP) is 3.63. The van der Waals surface area contributed by atoms with Crippen LogP contribution in [0.3, 0.4) is 0 Å². The van der Waals surface area contributed by atoms with Crippen LogP contribution < -0.4 is 10.2 Å². The molecule has 1 N–H and O–H groups in total. The van der Waals surface area contributed by atoms with E-state index in [0.717, 1.165) is 11.3 Å². The Labute approximate surface area is 198 Å². The molecule has 174 valence electrons. The number of hydrogen-bond donors (Lipinski definition) is 1. The minimum atomic E-state index is -3.95. The highest BCUT2D eigenvalue weighted by Crippen LogP contribution is 2.24. The molecule has 1 aliphatic heterocycles. The molecule has 0 radical (unpaired) electrons. The van der Waals surface area contributed by atoms with Crippen LogP contribution in [-0.4, -0.2) is 54.6 Å². The number of nitrogens with zero attached hydrogens (tertiary/aromatic N) is 4. The average molecular weight is 488 g/mol. The molecule has 0 spiro atoms. The number of halogens is 1. The summed E-state index contributed by atoms with van der Waals surface area (Å²) in [6.45, 7) is 5.86. The van der Waals surface area contributed by atoms with Crippen molar-refractivity contribution in [3.8, 4) is 0 Å². The molecule has 0 unspecified atom stereocenters. The molecule has 33 heavy (non-hydrogen) atoms. The first kappa shape index (κ1) is 23.3. The maximum absolute atomic E-state index is 13.5. The number of rotatable bonds is 6. The van der Waals surface area contributed by atoms with Crippen LogP contribution in [0, 0.1) is 6.92 Å². The number of carbonyl (C=O) groups is 1. The van der Waals surface area contributed by atoms with Crippen molar-refractivity contribution in [2.45, 2.75) is 25.4 Å². The Bertz CT molecular complexity index is 1250. The second kappa shape index (κ2) is 9.54. The minimum Gasteiger partial charge on any atom is -0.369 e. The first-order chi connectivity index (χ1) is 15.8. The third-order valence-corrected chi connectivity index (χ3v) is 7.67. The summed E-state index contributed by atoms with van der Waals surface area (Å²) in [5.74, 6) is -0.501. The number of benzene rings is 2. The summed E-state index contributed by atoms with van der Waals surface area (Å²) >= 11 is 5.97. The van der Waals surface area contributed by atoms with E-state index in [4.69, 9.17) is 11.6 Å². The van der Waals surface area contributed by atoms with Gasteiger partial charge in [0.15, 0.2) is 0 Å². The molecular weight excluding hydrogens is 462 g/mol. The lowest BCUT2D eigenvalue weighted by Gasteiger charge is -2.35. The van der Waals surface area contributed by atoms with Gasteiger partial charge in [-0.05, 0) is 55.8 Å². The summed E-state index contributed by atoms with van der Waals surface area (Å²) in [5, 5.41) is 7.47. The number of piperazine rings is 1. The molecule has 4 rings (SSSR count). The minimum absolute atomic E-state index is 0.0403. The van der Waals surface area contributed by atoms with Crippen molar-refractivity contribution >= 4 is 38.9 Å². The first-order valence-electron chi connectivity index (χ1n) is 10.7. The van der Waals surface area contributed by atoms with E-state index in [2.05, 4.69) is 15.3 Å². The van der Waals surface area contributed by atoms with Crippen LogP contribution >= 0.6 is 11.6 Å². The molecule has 1 amide bonds. The Kier molecular flexibility index (Phi) is 6.73. The number of nitrogens with one attached hydrogen (secondary N) is 1. The van der Waals surface area contributed by atoms with Gasteiger partial charge in [-0.25, -0.2) is 8.42 Å². The second-order valence-corrected chi connectivity index (χ2v) is 10.2. The lowest BCUT2D eigenvalue weighted by molar-refractivity contribution is 0.102. The maximum Gasteiger partial charge on any atom is 0.263 e. The first-order valence-corrected chi connectivity index (χ1v) is 12.6. The van der Waals surface area contributed by atoms with Gasteiger partial charge in [0.25, 0.3) is 15.9 Å². The molecule has 0 bridgehead atoms. The van der Waals surface area contributed by atoms with Gasteiger partial charge >= 0.3 is 0 Å². The van der Waals surface area contributed by atoms with Crippen LogP contribution in [0.4, 0.5) is 11.4 Å². The van der Waals surface area contributed by atoms with Crippen LogP contribution in [0.15, 0.2) is 59.8 Å². The standard InChI is InChI=1S/C23H26ClN5O3S/c1-3-28-16-21(22(30)25-19-6-4-5-17(2)15-19)23(26-28)33(31,32)29-13-11-27(12-14-29)20-9-7-18(24)8-10-20/h4-10,15-16H,3,11-14H2,1-2H3,(H,25,30). The predicted molar refractivity (Wildman–Crippen MR) is 129 cm³/mol. The molecule has 3 aromatic rings. The summed E-state index contributed by atoms with van der Waals surface area (Å²) in [7, 11) is -3.95. The van der Waals surface area contributed by atoms with Crippen molar-refractivity contribution in [2.75, 3.05) is 36.4 Å². The third-order valence-electron chi connectivity index (χ3n) is 5.59. The van der Waals surface area contributed by atoms with Gasteiger partial charge in [0.2, 0.25) is 5.03 Å². The molecule has 0 aliphatic carbocycles. The maximum atomic E-state index is 13.5. The molecule has 0 atom stereocenters. The second-order valence-electron chi connectivity index (χ2n) is 7.89. The van der Waals surface area contributed by atoms with Gasteiger partial charge in [0.1, 0.15) is 0 Å². The zero-order valence-electron chi connectivity index (χ0n) is 18.5. The highest BCUT2D eigenvalue weighted by molar-refractivity contribution is 7.89. The molecular formula is C23H26ClN5O3S. The van der Waals surface area contributed by atoms with Crippen LogP contribution in [-0.2, 0) is 16.6 Å². The zero-order chi connectivity index (χ0) is 23.6. The van der Waals surface area contributed by atoms with Crippen LogP contribution in [0.1, 0.15) is 22.8 Å². The molecule has 1 aromatic heterocycles. The van der Waals surface area contributed by atoms with Gasteiger partial charge in [-0.2, -0.15) is 9.40 Å². The lowest BCUT2D eigenvalue weighted by atomic mass is 10.2. The SMILES string of the molecule is CCn1cc(C(=O)Nc2cccc(C)c2)c(S(=O)(=O)N2CCN(c3ccc(Cl)cc3)CC2)n1. The third kappa shape index (κ3) is 5.05. The normalized spacial score (nSPS) is 14.9. The van der Waals surface area contributed by atoms with Gasteiger partial charge in [-0.15, -0.1) is 0 Å². The zero-order valence-corrected chi connectivity index (χ0v) is 20.1. The number of sulfonamides is 1. The Morgan fingerprint density at radius 1 is 1.09 bits per heavy atom. The fourth-order valence-corrected chi connectivity index (χ4v) is 5.44. The number of aromatic nitrogens is 2. The van der Waals surface area contributed by atoms with Gasteiger partial charge in [0.05, 0.1) is 5.56 Å². The Morgan fingerprint density at radius 2 is 1.79 bits per heavy atom. The van der Waals surface area contributed by atoms with E-state index in [-0.39, 0.29) is 10.6 Å². The number of amides is 1. The van der Waals surface area contributed by atoms with Crippen LogP contribution in [0.5, 0.6) is 0 Å². The van der Waals surface area contributed by atoms with E-state index < -0.39 is 15.9 Å². The molecule has 1 saturated heterocycles. The highest BCUT2D eigenvalue weighted by atomic mass is 35.5. The summed E-state index contributed by atoms with van der Waals surface area (Å²) in [4.78, 5) is 15.1. The summed E-state index contributed by atoms with van der Waals surface area (Å²) in [6, 6.07) is 14.8. The van der Waals surface area contributed by atoms with Crippen molar-refractivity contribution in [1.29, 1.82) is 0 Å². The highest BCUT2D eigenvalue weighted by Gasteiger charge is 2.34. The average Bonchev–Trinajstić information content (AvgIpc) is 3.26. The monoisotopic (exact) mass is 487 g/mol. The lowest BCUT2D eigenvalue weighted by Crippen LogP contribution is -2.49. The number of anilines is 2. The fraction of sp³-hybridized carbons (Fsp3) is 0.304. The molecule has 2 aromatic carbocycles. The van der Waals surface area contributed by atoms with Crippen molar-refractivity contribution in [3.63, 3.8) is 0 Å². The number of hydrogen-bond acceptors (Lipinski definition) is 5. The van der Waals surface area contributed by atoms with Crippen molar-refractivity contribution in [1.82, 2.24) is 14.1 Å². The van der Waals surface area contributed by atoms with Gasteiger partial charge < -0.3 is 10.2 Å². The largest absolute Gasteiger partial charge is 0.369 e. The Balaban J connectivity index is 1.54. The quantitative estimate of drug-likeness (QED) is 0.573. The van der Waals surface area contributed by atoms with Gasteiger partial charge in [-0.1, -0.05) is 23.7 Å². The molecule has 10 heteroatoms. The van der Waals surface area contributed by atoms with E-state index in [1.807, 2.05) is 56.3 Å². The Hall–Kier alpha value is -2.88. The summed E-state index contributed by atoms with van der Waals surface area (Å²) in [5.41, 5.74) is 2.62. The van der Waals surface area contributed by atoms with E-state index in [0.29, 0.717) is 43.4 Å². The van der Waals surface area contributed by atoms with Gasteiger partial charge in [0, 0.05) is 55.3 Å². The summed E-state index contributed by atoms with van der Waals surface area (Å²) < 4.78 is 29.8. The molecule has 1 aliphatic rings. The fourth-order valence-electron chi connectivity index (χ4n) is 3.79. The van der Waals surface area contributed by atoms with Crippen LogP contribution in [0.2, 0.25) is 5.02 Å². The Morgan fingerprint density at radius 3 is 2.42 bits per heavy atom. The molecule has 1 fully saturated rings. The summed E-state index contributed by atoms with van der Waals surface area (Å²) in [6.07, 6.45) is 1.49. The van der Waals surface area contributed by atoms with Gasteiger partial charge in [-0.3, -0.25) is 9.48 Å². The van der Waals surface area contributed by atoms with Crippen LogP contribution in [0.25, 0.3) is 0 Å². The molecule has 2 heterocycles. The van der Waals surface area contributed by atoms with E-state index in [1.165, 1.54) is 15.2 Å².